The van der Waals surface area contributed by atoms with Crippen molar-refractivity contribution in [1.82, 2.24) is 0 Å². The number of carbonyl (C=O) groups excluding carboxylic acids is 3. The largest absolute Gasteiger partial charge is 0.307 e. The van der Waals surface area contributed by atoms with Gasteiger partial charge in [0.15, 0.2) is 0 Å². The third-order valence-electron chi connectivity index (χ3n) is 8.14. The maximum absolute atomic E-state index is 8.00. The van der Waals surface area contributed by atoms with Crippen LogP contribution in [0, 0.1) is 41.5 Å². The van der Waals surface area contributed by atoms with Crippen LogP contribution in [0.5, 0.6) is 0 Å². The molecule has 0 bridgehead atoms. The molecule has 0 spiro atoms. The molecule has 6 aromatic rings. The molecule has 6 rings (SSSR count). The van der Waals surface area contributed by atoms with Gasteiger partial charge in [-0.25, -0.2) is 0 Å². The number of carbonyl (C=O) groups is 3. The van der Waals surface area contributed by atoms with Gasteiger partial charge < -0.3 is 14.4 Å². The fourth-order valence-corrected chi connectivity index (χ4v) is 11.2. The average Bonchev–Trinajstić information content (AvgIpc) is 3.16. The molecule has 51 heavy (non-hydrogen) atoms. The van der Waals surface area contributed by atoms with Crippen molar-refractivity contribution >= 4 is 68.0 Å². The first-order valence-corrected chi connectivity index (χ1v) is 18.9. The molecule has 0 aromatic heterocycles. The van der Waals surface area contributed by atoms with Crippen molar-refractivity contribution in [2.45, 2.75) is 41.5 Å². The van der Waals surface area contributed by atoms with Crippen molar-refractivity contribution in [1.29, 1.82) is 0 Å². The van der Waals surface area contributed by atoms with E-state index in [1.165, 1.54) is 65.2 Å². The smallest absolute Gasteiger partial charge is 0.106 e. The van der Waals surface area contributed by atoms with Crippen molar-refractivity contribution < 1.29 is 31.5 Å². The van der Waals surface area contributed by atoms with Gasteiger partial charge in [0, 0.05) is 17.1 Å². The molecule has 264 valence electrons. The van der Waals surface area contributed by atoms with Crippen LogP contribution in [0.3, 0.4) is 0 Å². The molecule has 0 heterocycles. The topological polar surface area (TPSA) is 51.2 Å². The Kier molecular flexibility index (Phi) is 21.0. The number of hydrogen-bond donors (Lipinski definition) is 0. The summed E-state index contributed by atoms with van der Waals surface area (Å²) in [6.45, 7) is 19.3. The van der Waals surface area contributed by atoms with E-state index < -0.39 is 15.8 Å². The van der Waals surface area contributed by atoms with E-state index in [1.54, 1.807) is 0 Å². The molecule has 0 atom stereocenters. The van der Waals surface area contributed by atoms with Crippen LogP contribution >= 0.6 is 15.8 Å². The first-order chi connectivity index (χ1) is 24.4. The molecule has 0 aliphatic carbocycles. The first-order valence-electron chi connectivity index (χ1n) is 16.2. The zero-order valence-electron chi connectivity index (χ0n) is 30.5. The summed E-state index contributed by atoms with van der Waals surface area (Å²) in [5.74, 6) is 0. The Balaban J connectivity index is 0.000000438. The fraction of sp³-hybridized carbons (Fsp3) is 0.133. The Bertz CT molecular complexity index is 1570. The molecular weight excluding hydrogens is 706 g/mol. The van der Waals surface area contributed by atoms with E-state index in [0.29, 0.717) is 0 Å². The van der Waals surface area contributed by atoms with Crippen LogP contribution in [0.1, 0.15) is 33.4 Å². The van der Waals surface area contributed by atoms with Gasteiger partial charge in [0.2, 0.25) is 0 Å². The normalized spacial score (nSPS) is 9.65. The summed E-state index contributed by atoms with van der Waals surface area (Å²) in [5.41, 5.74) is 8.25. The molecule has 0 saturated carbocycles. The predicted molar refractivity (Wildman–Crippen MR) is 220 cm³/mol. The molecule has 0 unspecified atom stereocenters. The molecule has 6 heteroatoms. The van der Waals surface area contributed by atoms with Crippen LogP contribution in [0.2, 0.25) is 0 Å². The van der Waals surface area contributed by atoms with Crippen molar-refractivity contribution in [3.05, 3.63) is 179 Å². The molecule has 0 radical (unpaired) electrons. The van der Waals surface area contributed by atoms with Crippen molar-refractivity contribution in [2.24, 2.45) is 0 Å². The second kappa shape index (κ2) is 24.0. The quantitative estimate of drug-likeness (QED) is 0.127. The molecule has 3 nitrogen and oxygen atoms in total. The minimum Gasteiger partial charge on any atom is -0.307 e. The maximum Gasteiger partial charge on any atom is 0.106 e. The van der Waals surface area contributed by atoms with E-state index in [2.05, 4.69) is 187 Å². The summed E-state index contributed by atoms with van der Waals surface area (Å²) >= 11 is 0. The van der Waals surface area contributed by atoms with Crippen molar-refractivity contribution in [2.75, 3.05) is 0 Å². The molecular formula is C45H48FeO3P2. The average molecular weight is 755 g/mol. The monoisotopic (exact) mass is 754 g/mol. The SMILES string of the molecule is C=O.C=O.C=O.Cc1ccccc1P(c1ccccc1C)c1ccccc1C.Cc1ccccc1P(c1ccccc1C)c1ccccc1C.[Fe]. The van der Waals surface area contributed by atoms with Crippen molar-refractivity contribution in [3.63, 3.8) is 0 Å². The molecule has 0 aliphatic heterocycles. The Morgan fingerprint density at radius 2 is 0.392 bits per heavy atom. The van der Waals surface area contributed by atoms with Gasteiger partial charge in [-0.15, -0.1) is 0 Å². The van der Waals surface area contributed by atoms with E-state index in [4.69, 9.17) is 14.4 Å². The maximum atomic E-state index is 8.00. The van der Waals surface area contributed by atoms with E-state index in [1.807, 2.05) is 20.4 Å². The number of aryl methyl sites for hydroxylation is 6. The third kappa shape index (κ3) is 11.9. The summed E-state index contributed by atoms with van der Waals surface area (Å²) in [6, 6.07) is 52.8. The minimum atomic E-state index is -0.508. The molecule has 0 aliphatic rings. The van der Waals surface area contributed by atoms with Gasteiger partial charge in [0.25, 0.3) is 0 Å². The summed E-state index contributed by atoms with van der Waals surface area (Å²) in [6.07, 6.45) is 0. The van der Waals surface area contributed by atoms with Crippen molar-refractivity contribution in [3.8, 4) is 0 Å². The minimum absolute atomic E-state index is 0. The second-order valence-electron chi connectivity index (χ2n) is 11.4. The Hall–Kier alpha value is -4.29. The van der Waals surface area contributed by atoms with E-state index in [0.717, 1.165) is 0 Å². The molecule has 0 N–H and O–H groups in total. The summed E-state index contributed by atoms with van der Waals surface area (Å²) in [4.78, 5) is 24.0. The van der Waals surface area contributed by atoms with Gasteiger partial charge in [-0.3, -0.25) is 0 Å². The standard InChI is InChI=1S/2C21H21P.3CH2O.Fe/c2*1-16-10-4-7-13-19(16)22(20-14-8-5-11-17(20)2)21-15-9-6-12-18(21)3;3*1-2;/h2*4-15H,1-3H3;3*1H2;. The summed E-state index contributed by atoms with van der Waals surface area (Å²) < 4.78 is 0. The van der Waals surface area contributed by atoms with Gasteiger partial charge in [0.05, 0.1) is 0 Å². The Morgan fingerprint density at radius 3 is 0.510 bits per heavy atom. The van der Waals surface area contributed by atoms with Gasteiger partial charge in [-0.2, -0.15) is 0 Å². The van der Waals surface area contributed by atoms with Crippen LogP contribution in [0.4, 0.5) is 0 Å². The van der Waals surface area contributed by atoms with Gasteiger partial charge in [-0.1, -0.05) is 146 Å². The second-order valence-corrected chi connectivity index (χ2v) is 15.6. The van der Waals surface area contributed by atoms with Crippen LogP contribution in [-0.2, 0) is 31.5 Å². The fourth-order valence-electron chi connectivity index (χ4n) is 5.66. The molecule has 6 aromatic carbocycles. The first kappa shape index (κ1) is 44.7. The Labute approximate surface area is 318 Å². The number of hydrogen-bond acceptors (Lipinski definition) is 3. The van der Waals surface area contributed by atoms with Crippen LogP contribution in [0.15, 0.2) is 146 Å². The van der Waals surface area contributed by atoms with E-state index in [9.17, 15) is 0 Å². The van der Waals surface area contributed by atoms with E-state index >= 15 is 0 Å². The number of rotatable bonds is 6. The summed E-state index contributed by atoms with van der Waals surface area (Å²) in [7, 11) is -1.02. The number of benzene rings is 6. The summed E-state index contributed by atoms with van der Waals surface area (Å²) in [5, 5.41) is 8.76. The van der Waals surface area contributed by atoms with E-state index in [-0.39, 0.29) is 17.1 Å². The van der Waals surface area contributed by atoms with Gasteiger partial charge in [0.1, 0.15) is 20.4 Å². The van der Waals surface area contributed by atoms with Crippen LogP contribution in [0.25, 0.3) is 0 Å². The Morgan fingerprint density at radius 1 is 0.275 bits per heavy atom. The predicted octanol–water partition coefficient (Wildman–Crippen LogP) is 8.18. The van der Waals surface area contributed by atoms with Crippen LogP contribution in [-0.4, -0.2) is 20.4 Å². The van der Waals surface area contributed by atoms with Crippen LogP contribution < -0.4 is 31.8 Å². The molecule has 0 fully saturated rings. The molecule has 0 amide bonds. The molecule has 0 saturated heterocycles. The van der Waals surface area contributed by atoms with Gasteiger partial charge in [-0.05, 0) is 123 Å². The third-order valence-corrected chi connectivity index (χ3v) is 14.0. The zero-order valence-corrected chi connectivity index (χ0v) is 33.3. The van der Waals surface area contributed by atoms with Gasteiger partial charge >= 0.3 is 0 Å². The zero-order chi connectivity index (χ0) is 37.1.